The van der Waals surface area contributed by atoms with Gasteiger partial charge in [-0.05, 0) is 19.1 Å². The molecule has 1 aliphatic heterocycles. The molecule has 2 heterocycles. The largest absolute Gasteiger partial charge is 0.493 e. The second-order valence-electron chi connectivity index (χ2n) is 5.96. The SMILES string of the molecule is COc1cn(-c2ccccc2)nc1C(=O)N[C@H](C)C(=O)N1CCOCC1. The molecule has 0 spiro atoms. The van der Waals surface area contributed by atoms with Gasteiger partial charge in [0.1, 0.15) is 6.04 Å². The Kier molecular flexibility index (Phi) is 5.52. The highest BCUT2D eigenvalue weighted by Gasteiger charge is 2.26. The molecule has 1 aromatic heterocycles. The van der Waals surface area contributed by atoms with Crippen LogP contribution in [0.15, 0.2) is 36.5 Å². The maximum atomic E-state index is 12.6. The Hall–Kier alpha value is -2.87. The molecule has 0 bridgehead atoms. The van der Waals surface area contributed by atoms with Crippen LogP contribution < -0.4 is 10.1 Å². The first kappa shape index (κ1) is 17.9. The number of para-hydroxylation sites is 1. The lowest BCUT2D eigenvalue weighted by Crippen LogP contribution is -2.50. The van der Waals surface area contributed by atoms with Gasteiger partial charge in [0.25, 0.3) is 5.91 Å². The van der Waals surface area contributed by atoms with E-state index in [1.807, 2.05) is 30.3 Å². The molecule has 1 N–H and O–H groups in total. The zero-order valence-corrected chi connectivity index (χ0v) is 14.8. The number of nitrogens with zero attached hydrogens (tertiary/aromatic N) is 3. The molecular weight excluding hydrogens is 336 g/mol. The molecule has 1 saturated heterocycles. The summed E-state index contributed by atoms with van der Waals surface area (Å²) in [5.74, 6) is -0.244. The fraction of sp³-hybridized carbons (Fsp3) is 0.389. The van der Waals surface area contributed by atoms with Gasteiger partial charge < -0.3 is 19.7 Å². The molecule has 0 radical (unpaired) electrons. The third-order valence-corrected chi connectivity index (χ3v) is 4.18. The van der Waals surface area contributed by atoms with E-state index in [0.29, 0.717) is 32.1 Å². The summed E-state index contributed by atoms with van der Waals surface area (Å²) in [7, 11) is 1.48. The number of ether oxygens (including phenoxy) is 2. The number of hydrogen-bond donors (Lipinski definition) is 1. The standard InChI is InChI=1S/C18H22N4O4/c1-13(18(24)21-8-10-26-11-9-21)19-17(23)16-15(25-2)12-22(20-16)14-6-4-3-5-7-14/h3-7,12-13H,8-11H2,1-2H3,(H,19,23)/t13-/m1/s1. The third-order valence-electron chi connectivity index (χ3n) is 4.18. The van der Waals surface area contributed by atoms with Crippen molar-refractivity contribution in [3.63, 3.8) is 0 Å². The minimum Gasteiger partial charge on any atom is -0.493 e. The van der Waals surface area contributed by atoms with E-state index in [4.69, 9.17) is 9.47 Å². The number of carbonyl (C=O) groups excluding carboxylic acids is 2. The number of hydrogen-bond acceptors (Lipinski definition) is 5. The molecule has 0 saturated carbocycles. The van der Waals surface area contributed by atoms with Gasteiger partial charge in [0.2, 0.25) is 5.91 Å². The van der Waals surface area contributed by atoms with Crippen molar-refractivity contribution in [3.8, 4) is 11.4 Å². The van der Waals surface area contributed by atoms with Crippen LogP contribution in [0.2, 0.25) is 0 Å². The molecule has 1 fully saturated rings. The van der Waals surface area contributed by atoms with E-state index < -0.39 is 11.9 Å². The van der Waals surface area contributed by atoms with Crippen LogP contribution >= 0.6 is 0 Å². The molecule has 0 unspecified atom stereocenters. The summed E-state index contributed by atoms with van der Waals surface area (Å²) in [5.41, 5.74) is 0.945. The number of aromatic nitrogens is 2. The number of rotatable bonds is 5. The van der Waals surface area contributed by atoms with Crippen LogP contribution in [0.25, 0.3) is 5.69 Å². The first-order valence-electron chi connectivity index (χ1n) is 8.46. The van der Waals surface area contributed by atoms with Crippen LogP contribution in [-0.4, -0.2) is 65.9 Å². The topological polar surface area (TPSA) is 85.7 Å². The van der Waals surface area contributed by atoms with Gasteiger partial charge in [0, 0.05) is 13.1 Å². The van der Waals surface area contributed by atoms with Gasteiger partial charge in [0.15, 0.2) is 11.4 Å². The first-order chi connectivity index (χ1) is 12.6. The highest BCUT2D eigenvalue weighted by molar-refractivity contribution is 5.98. The number of carbonyl (C=O) groups is 2. The Morgan fingerprint density at radius 2 is 1.92 bits per heavy atom. The zero-order valence-electron chi connectivity index (χ0n) is 14.8. The summed E-state index contributed by atoms with van der Waals surface area (Å²) in [4.78, 5) is 26.7. The summed E-state index contributed by atoms with van der Waals surface area (Å²) >= 11 is 0. The summed E-state index contributed by atoms with van der Waals surface area (Å²) in [6.45, 7) is 3.76. The highest BCUT2D eigenvalue weighted by Crippen LogP contribution is 2.19. The molecule has 8 heteroatoms. The van der Waals surface area contributed by atoms with Crippen LogP contribution in [0.3, 0.4) is 0 Å². The van der Waals surface area contributed by atoms with Crippen molar-refractivity contribution in [3.05, 3.63) is 42.2 Å². The van der Waals surface area contributed by atoms with Crippen molar-refractivity contribution >= 4 is 11.8 Å². The average molecular weight is 358 g/mol. The molecule has 138 valence electrons. The minimum atomic E-state index is -0.660. The Balaban J connectivity index is 1.72. The molecular formula is C18H22N4O4. The summed E-state index contributed by atoms with van der Waals surface area (Å²) in [6, 6.07) is 8.75. The van der Waals surface area contributed by atoms with E-state index in [9.17, 15) is 9.59 Å². The Bertz CT molecular complexity index is 769. The predicted octanol–water partition coefficient (Wildman–Crippen LogP) is 0.858. The fourth-order valence-corrected chi connectivity index (χ4v) is 2.76. The first-order valence-corrected chi connectivity index (χ1v) is 8.46. The van der Waals surface area contributed by atoms with Crippen molar-refractivity contribution in [1.29, 1.82) is 0 Å². The molecule has 3 rings (SSSR count). The molecule has 1 aromatic carbocycles. The van der Waals surface area contributed by atoms with Crippen LogP contribution in [-0.2, 0) is 9.53 Å². The number of nitrogens with one attached hydrogen (secondary N) is 1. The molecule has 1 aliphatic rings. The Morgan fingerprint density at radius 1 is 1.23 bits per heavy atom. The van der Waals surface area contributed by atoms with Crippen LogP contribution in [0.1, 0.15) is 17.4 Å². The van der Waals surface area contributed by atoms with Gasteiger partial charge in [-0.2, -0.15) is 5.10 Å². The smallest absolute Gasteiger partial charge is 0.276 e. The van der Waals surface area contributed by atoms with Crippen LogP contribution in [0.5, 0.6) is 5.75 Å². The van der Waals surface area contributed by atoms with Crippen molar-refractivity contribution in [2.75, 3.05) is 33.4 Å². The van der Waals surface area contributed by atoms with Crippen molar-refractivity contribution < 1.29 is 19.1 Å². The van der Waals surface area contributed by atoms with E-state index in [2.05, 4.69) is 10.4 Å². The minimum absolute atomic E-state index is 0.136. The highest BCUT2D eigenvalue weighted by atomic mass is 16.5. The lowest BCUT2D eigenvalue weighted by molar-refractivity contribution is -0.136. The summed E-state index contributed by atoms with van der Waals surface area (Å²) < 4.78 is 12.1. The molecule has 1 atom stereocenters. The maximum absolute atomic E-state index is 12.6. The van der Waals surface area contributed by atoms with E-state index in [-0.39, 0.29) is 11.6 Å². The monoisotopic (exact) mass is 358 g/mol. The van der Waals surface area contributed by atoms with E-state index in [1.165, 1.54) is 7.11 Å². The van der Waals surface area contributed by atoms with E-state index in [1.54, 1.807) is 22.7 Å². The van der Waals surface area contributed by atoms with Crippen molar-refractivity contribution in [1.82, 2.24) is 20.0 Å². The van der Waals surface area contributed by atoms with Gasteiger partial charge in [-0.15, -0.1) is 0 Å². The van der Waals surface area contributed by atoms with Gasteiger partial charge in [0.05, 0.1) is 32.2 Å². The molecule has 8 nitrogen and oxygen atoms in total. The number of amides is 2. The summed E-state index contributed by atoms with van der Waals surface area (Å²) in [5, 5.41) is 7.02. The second-order valence-corrected chi connectivity index (χ2v) is 5.96. The van der Waals surface area contributed by atoms with Gasteiger partial charge in [-0.25, -0.2) is 4.68 Å². The lowest BCUT2D eigenvalue weighted by atomic mass is 10.2. The Labute approximate surface area is 151 Å². The van der Waals surface area contributed by atoms with Gasteiger partial charge in [-0.1, -0.05) is 18.2 Å². The predicted molar refractivity (Wildman–Crippen MR) is 94.4 cm³/mol. The van der Waals surface area contributed by atoms with E-state index in [0.717, 1.165) is 5.69 Å². The van der Waals surface area contributed by atoms with Gasteiger partial charge in [-0.3, -0.25) is 9.59 Å². The fourth-order valence-electron chi connectivity index (χ4n) is 2.76. The maximum Gasteiger partial charge on any atom is 0.276 e. The second kappa shape index (κ2) is 8.01. The Morgan fingerprint density at radius 3 is 2.58 bits per heavy atom. The van der Waals surface area contributed by atoms with Crippen LogP contribution in [0.4, 0.5) is 0 Å². The zero-order chi connectivity index (χ0) is 18.5. The summed E-state index contributed by atoms with van der Waals surface area (Å²) in [6.07, 6.45) is 1.64. The normalized spacial score (nSPS) is 15.4. The average Bonchev–Trinajstić information content (AvgIpc) is 3.13. The van der Waals surface area contributed by atoms with Crippen LogP contribution in [0, 0.1) is 0 Å². The molecule has 2 aromatic rings. The molecule has 0 aliphatic carbocycles. The third kappa shape index (κ3) is 3.85. The quantitative estimate of drug-likeness (QED) is 0.857. The van der Waals surface area contributed by atoms with Crippen molar-refractivity contribution in [2.45, 2.75) is 13.0 Å². The number of methoxy groups -OCH3 is 1. The van der Waals surface area contributed by atoms with Crippen molar-refractivity contribution in [2.24, 2.45) is 0 Å². The number of morpholine rings is 1. The molecule has 2 amide bonds. The number of benzene rings is 1. The van der Waals surface area contributed by atoms with Gasteiger partial charge >= 0.3 is 0 Å². The van der Waals surface area contributed by atoms with E-state index >= 15 is 0 Å². The lowest BCUT2D eigenvalue weighted by Gasteiger charge is -2.29. The molecule has 26 heavy (non-hydrogen) atoms.